The molecule has 238 valence electrons. The van der Waals surface area contributed by atoms with Gasteiger partial charge in [0.05, 0.1) is 42.5 Å². The van der Waals surface area contributed by atoms with Gasteiger partial charge in [-0.3, -0.25) is 4.79 Å². The molecule has 11 nitrogen and oxygen atoms in total. The van der Waals surface area contributed by atoms with Crippen LogP contribution in [0.15, 0.2) is 41.5 Å². The Morgan fingerprint density at radius 1 is 1.14 bits per heavy atom. The molecular formula is C31H43Ac2NO10. The number of hydrogen-bond acceptors (Lipinski definition) is 10. The first-order valence-corrected chi connectivity index (χ1v) is 14.5. The number of ether oxygens (including phenoxy) is 3. The summed E-state index contributed by atoms with van der Waals surface area (Å²) in [5.41, 5.74) is -4.30. The minimum absolute atomic E-state index is 0. The maximum atomic E-state index is 14.1. The number of carbonyl (C=O) groups is 2. The van der Waals surface area contributed by atoms with Gasteiger partial charge in [-0.25, -0.2) is 4.79 Å². The van der Waals surface area contributed by atoms with Crippen molar-refractivity contribution in [1.82, 2.24) is 5.32 Å². The summed E-state index contributed by atoms with van der Waals surface area (Å²) in [5.74, 6) is -2.35. The Hall–Kier alpha value is 0.503. The van der Waals surface area contributed by atoms with E-state index in [4.69, 9.17) is 14.2 Å². The van der Waals surface area contributed by atoms with Gasteiger partial charge in [0.25, 0.3) is 0 Å². The van der Waals surface area contributed by atoms with Gasteiger partial charge in [0.1, 0.15) is 18.3 Å². The molecule has 6 N–H and O–H groups in total. The van der Waals surface area contributed by atoms with Gasteiger partial charge in [-0.1, -0.05) is 51.1 Å². The van der Waals surface area contributed by atoms with Gasteiger partial charge in [0, 0.05) is 112 Å². The fraction of sp³-hybridized carbons (Fsp3) is 0.677. The van der Waals surface area contributed by atoms with Crippen molar-refractivity contribution in [3.8, 4) is 0 Å². The first-order chi connectivity index (χ1) is 19.6. The predicted octanol–water partition coefficient (Wildman–Crippen LogP) is 1.19. The fourth-order valence-electron chi connectivity index (χ4n) is 8.32. The topological polar surface area (TPSA) is 175 Å². The van der Waals surface area contributed by atoms with E-state index < -0.39 is 76.5 Å². The average Bonchev–Trinajstić information content (AvgIpc) is 2.94. The number of amides is 1. The number of aliphatic hydroxyl groups excluding tert-OH is 3. The summed E-state index contributed by atoms with van der Waals surface area (Å²) < 4.78 is 16.7. The number of alkyl carbamates (subject to hydrolysis) is 1. The predicted molar refractivity (Wildman–Crippen MR) is 149 cm³/mol. The Labute approximate surface area is 329 Å². The Morgan fingerprint density at radius 2 is 1.77 bits per heavy atom. The molecule has 2 bridgehead atoms. The third kappa shape index (κ3) is 6.22. The van der Waals surface area contributed by atoms with Crippen LogP contribution in [0.4, 0.5) is 4.79 Å². The summed E-state index contributed by atoms with van der Waals surface area (Å²) in [4.78, 5) is 26.3. The van der Waals surface area contributed by atoms with E-state index in [1.165, 1.54) is 0 Å². The van der Waals surface area contributed by atoms with Crippen molar-refractivity contribution in [2.24, 2.45) is 22.7 Å². The normalized spacial score (nSPS) is 39.5. The molecule has 1 aliphatic heterocycles. The van der Waals surface area contributed by atoms with Crippen LogP contribution in [-0.4, -0.2) is 92.5 Å². The number of benzene rings is 1. The standard InChI is InChI=1S/C31H43NO10.2Ac/c1-16-19(42-22(34)13-32-27(37)40-14-18-9-7-6-8-10-18)12-31(39)17(2)25-29(5,20(33)11-21-30(25,38)15-41-21)26(36)24(35)23(16)28(31,3)4;;/h6-10,17,19-22,24-25,33-35,38-39H,11-15H2,1-5H3,(H,32,37);;/t17?,19?,20?,21?,22?,24?,25?,29-,30?,31?;;/m1../s1. The van der Waals surface area contributed by atoms with E-state index >= 15 is 0 Å². The molecule has 10 atom stereocenters. The summed E-state index contributed by atoms with van der Waals surface area (Å²) in [5, 5.41) is 60.3. The van der Waals surface area contributed by atoms with Crippen LogP contribution in [-0.2, 0) is 25.6 Å². The largest absolute Gasteiger partial charge is 0.445 e. The van der Waals surface area contributed by atoms with Crippen LogP contribution in [0.3, 0.4) is 0 Å². The number of hydrogen-bond donors (Lipinski definition) is 6. The van der Waals surface area contributed by atoms with Gasteiger partial charge >= 0.3 is 6.09 Å². The monoisotopic (exact) mass is 1040 g/mol. The zero-order valence-corrected chi connectivity index (χ0v) is 35.4. The number of carbonyl (C=O) groups excluding carboxylic acids is 2. The summed E-state index contributed by atoms with van der Waals surface area (Å²) in [6.45, 7) is 8.17. The summed E-state index contributed by atoms with van der Waals surface area (Å²) in [6.07, 6.45) is -6.78. The third-order valence-corrected chi connectivity index (χ3v) is 10.8. The van der Waals surface area contributed by atoms with Crippen molar-refractivity contribution in [3.05, 3.63) is 47.0 Å². The molecule has 3 aliphatic carbocycles. The molecular weight excluding hydrogens is 1000 g/mol. The van der Waals surface area contributed by atoms with E-state index in [-0.39, 0.29) is 126 Å². The molecule has 0 aromatic heterocycles. The smallest absolute Gasteiger partial charge is 0.407 e. The molecule has 1 saturated heterocycles. The Bertz CT molecular complexity index is 1260. The Balaban J connectivity index is 0.00000264. The molecule has 2 radical (unpaired) electrons. The summed E-state index contributed by atoms with van der Waals surface area (Å²) in [7, 11) is 0. The second-order valence-corrected chi connectivity index (χ2v) is 13.2. The van der Waals surface area contributed by atoms with Gasteiger partial charge in [-0.15, -0.1) is 0 Å². The van der Waals surface area contributed by atoms with Crippen molar-refractivity contribution in [2.75, 3.05) is 13.2 Å². The minimum atomic E-state index is -1.70. The summed E-state index contributed by atoms with van der Waals surface area (Å²) >= 11 is 0. The molecule has 9 unspecified atom stereocenters. The van der Waals surface area contributed by atoms with Crippen molar-refractivity contribution in [3.63, 3.8) is 0 Å². The van der Waals surface area contributed by atoms with E-state index in [1.807, 2.05) is 30.3 Å². The quantitative estimate of drug-likeness (QED) is 0.180. The first-order valence-electron chi connectivity index (χ1n) is 14.5. The van der Waals surface area contributed by atoms with Crippen molar-refractivity contribution < 1.29 is 137 Å². The van der Waals surface area contributed by atoms with Crippen LogP contribution in [0.1, 0.15) is 53.0 Å². The minimum Gasteiger partial charge on any atom is -0.445 e. The molecule has 0 spiro atoms. The van der Waals surface area contributed by atoms with E-state index in [2.05, 4.69) is 5.32 Å². The van der Waals surface area contributed by atoms with E-state index in [1.54, 1.807) is 34.6 Å². The molecule has 4 aliphatic rings. The Morgan fingerprint density at radius 3 is 2.36 bits per heavy atom. The van der Waals surface area contributed by atoms with Crippen molar-refractivity contribution >= 4 is 11.9 Å². The van der Waals surface area contributed by atoms with Gasteiger partial charge < -0.3 is 45.1 Å². The van der Waals surface area contributed by atoms with Crippen molar-refractivity contribution in [2.45, 2.75) is 96.0 Å². The molecule has 1 amide bonds. The number of fused-ring (bicyclic) bond motifs is 5. The van der Waals surface area contributed by atoms with E-state index in [9.17, 15) is 35.1 Å². The Kier molecular flexibility index (Phi) is 12.5. The number of Topliss-reactive ketones (excluding diaryl/α,β-unsaturated/α-hetero) is 1. The van der Waals surface area contributed by atoms with Gasteiger partial charge in [-0.2, -0.15) is 0 Å². The molecule has 1 aromatic carbocycles. The maximum Gasteiger partial charge on any atom is 0.407 e. The van der Waals surface area contributed by atoms with Gasteiger partial charge in [-0.05, 0) is 36.5 Å². The SMILES string of the molecule is CC1=C2C(O)C(=O)[C@]3(C)C(O)CC4OCC4(O)C3C(C)C(O)(CC1OC(O)CNC(=O)OCc1ccccc1)C2(C)C.[Ac].[Ac]. The fourth-order valence-corrected chi connectivity index (χ4v) is 8.32. The van der Waals surface area contributed by atoms with E-state index in [0.29, 0.717) is 5.57 Å². The number of rotatable bonds is 6. The van der Waals surface area contributed by atoms with Gasteiger partial charge in [0.2, 0.25) is 0 Å². The molecule has 1 aromatic rings. The van der Waals surface area contributed by atoms with Crippen molar-refractivity contribution in [1.29, 1.82) is 0 Å². The second-order valence-electron chi connectivity index (χ2n) is 13.2. The number of nitrogens with one attached hydrogen (secondary N) is 1. The molecule has 2 saturated carbocycles. The van der Waals surface area contributed by atoms with Crippen LogP contribution >= 0.6 is 0 Å². The zero-order chi connectivity index (χ0) is 30.8. The molecule has 1 heterocycles. The maximum absolute atomic E-state index is 14.1. The average molecular weight is 1040 g/mol. The van der Waals surface area contributed by atoms with Crippen LogP contribution in [0.2, 0.25) is 0 Å². The summed E-state index contributed by atoms with van der Waals surface area (Å²) in [6, 6.07) is 9.12. The molecule has 5 rings (SSSR count). The molecule has 13 heteroatoms. The second kappa shape index (κ2) is 14.2. The van der Waals surface area contributed by atoms with Crippen LogP contribution in [0.25, 0.3) is 0 Å². The molecule has 3 fully saturated rings. The number of ketones is 1. The van der Waals surface area contributed by atoms with Crippen LogP contribution in [0.5, 0.6) is 0 Å². The first kappa shape index (κ1) is 38.9. The molecule has 44 heavy (non-hydrogen) atoms. The number of aliphatic hydroxyl groups is 5. The zero-order valence-electron chi connectivity index (χ0n) is 25.9. The van der Waals surface area contributed by atoms with Crippen LogP contribution < -0.4 is 5.32 Å². The van der Waals surface area contributed by atoms with Crippen LogP contribution in [0, 0.1) is 111 Å². The van der Waals surface area contributed by atoms with E-state index in [0.717, 1.165) is 5.56 Å². The van der Waals surface area contributed by atoms with Gasteiger partial charge in [0.15, 0.2) is 12.1 Å². The third-order valence-electron chi connectivity index (χ3n) is 10.8.